The van der Waals surface area contributed by atoms with E-state index in [0.717, 1.165) is 13.0 Å². The van der Waals surface area contributed by atoms with Crippen molar-refractivity contribution in [1.29, 1.82) is 0 Å². The summed E-state index contributed by atoms with van der Waals surface area (Å²) in [6.45, 7) is 3.58. The molecule has 1 aliphatic heterocycles. The van der Waals surface area contributed by atoms with Gasteiger partial charge in [-0.1, -0.05) is 6.07 Å². The number of amides is 3. The molecule has 166 valence electrons. The summed E-state index contributed by atoms with van der Waals surface area (Å²) in [5.74, 6) is -0.110. The van der Waals surface area contributed by atoms with Gasteiger partial charge in [-0.25, -0.2) is 4.98 Å². The quantitative estimate of drug-likeness (QED) is 0.717. The fourth-order valence-corrected chi connectivity index (χ4v) is 3.45. The van der Waals surface area contributed by atoms with Crippen molar-refractivity contribution in [3.05, 3.63) is 48.5 Å². The van der Waals surface area contributed by atoms with Crippen LogP contribution in [0.1, 0.15) is 23.2 Å². The Kier molecular flexibility index (Phi) is 7.77. The molecular weight excluding hydrogens is 396 g/mol. The third-order valence-corrected chi connectivity index (χ3v) is 5.28. The molecule has 1 saturated heterocycles. The number of anilines is 1. The van der Waals surface area contributed by atoms with E-state index < -0.39 is 0 Å². The van der Waals surface area contributed by atoms with E-state index in [-0.39, 0.29) is 17.7 Å². The molecule has 9 nitrogen and oxygen atoms in total. The maximum absolute atomic E-state index is 13.0. The van der Waals surface area contributed by atoms with Crippen LogP contribution in [0.5, 0.6) is 0 Å². The number of aryl methyl sites for hydroxylation is 1. The minimum atomic E-state index is -0.116. The zero-order valence-corrected chi connectivity index (χ0v) is 18.2. The van der Waals surface area contributed by atoms with Gasteiger partial charge in [0, 0.05) is 76.9 Å². The van der Waals surface area contributed by atoms with E-state index >= 15 is 0 Å². The Bertz CT molecular complexity index is 896. The molecule has 3 rings (SSSR count). The van der Waals surface area contributed by atoms with Crippen LogP contribution in [-0.2, 0) is 16.1 Å². The standard InChI is InChI=1S/C22H30N6O3/c1-25(2)21(30)16-26-9-4-10-28(14-13-26)22(31)18-5-3-6-19(15-18)24-20(29)7-11-27-12-8-23-17-27/h3,5-6,8,12,15,17H,4,7,9-11,13-14,16H2,1-2H3,(H,24,29). The maximum atomic E-state index is 13.0. The molecule has 0 radical (unpaired) electrons. The van der Waals surface area contributed by atoms with E-state index in [1.807, 2.05) is 15.7 Å². The Morgan fingerprint density at radius 1 is 1.13 bits per heavy atom. The second kappa shape index (κ2) is 10.7. The summed E-state index contributed by atoms with van der Waals surface area (Å²) >= 11 is 0. The maximum Gasteiger partial charge on any atom is 0.253 e. The Morgan fingerprint density at radius 2 is 1.97 bits per heavy atom. The fraction of sp³-hybridized carbons (Fsp3) is 0.455. The Balaban J connectivity index is 1.54. The van der Waals surface area contributed by atoms with Gasteiger partial charge in [-0.2, -0.15) is 0 Å². The summed E-state index contributed by atoms with van der Waals surface area (Å²) in [4.78, 5) is 46.7. The van der Waals surface area contributed by atoms with Crippen molar-refractivity contribution in [2.75, 3.05) is 52.1 Å². The van der Waals surface area contributed by atoms with Crippen LogP contribution in [0.15, 0.2) is 43.0 Å². The molecule has 1 aliphatic rings. The van der Waals surface area contributed by atoms with Gasteiger partial charge in [0.05, 0.1) is 12.9 Å². The molecule has 1 N–H and O–H groups in total. The van der Waals surface area contributed by atoms with E-state index in [1.165, 1.54) is 0 Å². The van der Waals surface area contributed by atoms with Crippen LogP contribution in [0.4, 0.5) is 5.69 Å². The molecule has 0 spiro atoms. The van der Waals surface area contributed by atoms with Crippen LogP contribution in [0.2, 0.25) is 0 Å². The second-order valence-corrected chi connectivity index (χ2v) is 7.89. The number of nitrogens with zero attached hydrogens (tertiary/aromatic N) is 5. The highest BCUT2D eigenvalue weighted by Gasteiger charge is 2.22. The van der Waals surface area contributed by atoms with Gasteiger partial charge in [-0.3, -0.25) is 19.3 Å². The lowest BCUT2D eigenvalue weighted by Crippen LogP contribution is -2.39. The molecule has 1 fully saturated rings. The Morgan fingerprint density at radius 3 is 2.71 bits per heavy atom. The largest absolute Gasteiger partial charge is 0.348 e. The average Bonchev–Trinajstić information content (AvgIpc) is 3.17. The first-order valence-corrected chi connectivity index (χ1v) is 10.5. The normalized spacial score (nSPS) is 14.7. The van der Waals surface area contributed by atoms with E-state index in [2.05, 4.69) is 15.2 Å². The highest BCUT2D eigenvalue weighted by Crippen LogP contribution is 2.15. The highest BCUT2D eigenvalue weighted by atomic mass is 16.2. The first kappa shape index (κ1) is 22.5. The molecular formula is C22H30N6O3. The second-order valence-electron chi connectivity index (χ2n) is 7.89. The molecule has 9 heteroatoms. The predicted molar refractivity (Wildman–Crippen MR) is 118 cm³/mol. The lowest BCUT2D eigenvalue weighted by molar-refractivity contribution is -0.129. The van der Waals surface area contributed by atoms with Crippen LogP contribution in [0, 0.1) is 0 Å². The highest BCUT2D eigenvalue weighted by molar-refractivity contribution is 5.97. The number of hydrogen-bond donors (Lipinski definition) is 1. The van der Waals surface area contributed by atoms with E-state index in [9.17, 15) is 14.4 Å². The number of benzene rings is 1. The molecule has 2 heterocycles. The van der Waals surface area contributed by atoms with Crippen molar-refractivity contribution in [3.8, 4) is 0 Å². The number of carbonyl (C=O) groups is 3. The Labute approximate surface area is 182 Å². The summed E-state index contributed by atoms with van der Waals surface area (Å²) in [6.07, 6.45) is 6.30. The lowest BCUT2D eigenvalue weighted by Gasteiger charge is -2.23. The minimum Gasteiger partial charge on any atom is -0.348 e. The Hall–Kier alpha value is -3.20. The van der Waals surface area contributed by atoms with Gasteiger partial charge in [0.15, 0.2) is 0 Å². The van der Waals surface area contributed by atoms with Crippen LogP contribution in [0.3, 0.4) is 0 Å². The van der Waals surface area contributed by atoms with Crippen molar-refractivity contribution >= 4 is 23.4 Å². The summed E-state index contributed by atoms with van der Waals surface area (Å²) in [5, 5.41) is 2.86. The molecule has 0 aliphatic carbocycles. The number of hydrogen-bond acceptors (Lipinski definition) is 5. The summed E-state index contributed by atoms with van der Waals surface area (Å²) < 4.78 is 1.84. The van der Waals surface area contributed by atoms with Gasteiger partial charge >= 0.3 is 0 Å². The number of imidazole rings is 1. The summed E-state index contributed by atoms with van der Waals surface area (Å²) in [7, 11) is 3.50. The van der Waals surface area contributed by atoms with Crippen LogP contribution in [0.25, 0.3) is 0 Å². The SMILES string of the molecule is CN(C)C(=O)CN1CCCN(C(=O)c2cccc(NC(=O)CCn3ccnc3)c2)CC1. The van der Waals surface area contributed by atoms with Gasteiger partial charge < -0.3 is 19.7 Å². The number of aromatic nitrogens is 2. The summed E-state index contributed by atoms with van der Waals surface area (Å²) in [5.41, 5.74) is 1.15. The van der Waals surface area contributed by atoms with E-state index in [4.69, 9.17) is 0 Å². The lowest BCUT2D eigenvalue weighted by atomic mass is 10.1. The molecule has 1 aromatic carbocycles. The topological polar surface area (TPSA) is 90.8 Å². The molecule has 0 atom stereocenters. The summed E-state index contributed by atoms with van der Waals surface area (Å²) in [6, 6.07) is 7.04. The number of likely N-dealkylation sites (N-methyl/N-ethyl adjacent to an activating group) is 1. The monoisotopic (exact) mass is 426 g/mol. The van der Waals surface area contributed by atoms with Crippen molar-refractivity contribution < 1.29 is 14.4 Å². The molecule has 31 heavy (non-hydrogen) atoms. The molecule has 1 aromatic heterocycles. The minimum absolute atomic E-state index is 0.0599. The predicted octanol–water partition coefficient (Wildman–Crippen LogP) is 1.15. The van der Waals surface area contributed by atoms with Crippen LogP contribution < -0.4 is 5.32 Å². The first-order valence-electron chi connectivity index (χ1n) is 10.5. The smallest absolute Gasteiger partial charge is 0.253 e. The molecule has 3 amide bonds. The van der Waals surface area contributed by atoms with Gasteiger partial charge in [0.25, 0.3) is 5.91 Å². The van der Waals surface area contributed by atoms with Gasteiger partial charge in [0.2, 0.25) is 11.8 Å². The van der Waals surface area contributed by atoms with E-state index in [1.54, 1.807) is 55.8 Å². The van der Waals surface area contributed by atoms with Crippen LogP contribution >= 0.6 is 0 Å². The van der Waals surface area contributed by atoms with Crippen molar-refractivity contribution in [3.63, 3.8) is 0 Å². The zero-order chi connectivity index (χ0) is 22.2. The zero-order valence-electron chi connectivity index (χ0n) is 18.2. The van der Waals surface area contributed by atoms with Crippen molar-refractivity contribution in [2.24, 2.45) is 0 Å². The third-order valence-electron chi connectivity index (χ3n) is 5.28. The number of carbonyl (C=O) groups excluding carboxylic acids is 3. The fourth-order valence-electron chi connectivity index (χ4n) is 3.45. The van der Waals surface area contributed by atoms with Crippen molar-refractivity contribution in [1.82, 2.24) is 24.3 Å². The molecule has 0 saturated carbocycles. The third kappa shape index (κ3) is 6.65. The van der Waals surface area contributed by atoms with Gasteiger partial charge in [-0.05, 0) is 24.6 Å². The van der Waals surface area contributed by atoms with Crippen molar-refractivity contribution in [2.45, 2.75) is 19.4 Å². The van der Waals surface area contributed by atoms with Gasteiger partial charge in [-0.15, -0.1) is 0 Å². The van der Waals surface area contributed by atoms with Gasteiger partial charge in [0.1, 0.15) is 0 Å². The first-order chi connectivity index (χ1) is 14.9. The molecule has 0 bridgehead atoms. The van der Waals surface area contributed by atoms with Crippen LogP contribution in [-0.4, -0.2) is 88.8 Å². The molecule has 2 aromatic rings. The van der Waals surface area contributed by atoms with E-state index in [0.29, 0.717) is 50.4 Å². The average molecular weight is 427 g/mol. The molecule has 0 unspecified atom stereocenters. The number of rotatable bonds is 7. The number of nitrogens with one attached hydrogen (secondary N) is 1.